The van der Waals surface area contributed by atoms with Crippen LogP contribution in [0.3, 0.4) is 0 Å². The summed E-state index contributed by atoms with van der Waals surface area (Å²) >= 11 is 6.08. The number of rotatable bonds is 5. The number of hydrogen-bond acceptors (Lipinski definition) is 3. The Bertz CT molecular complexity index is 689. The Morgan fingerprint density at radius 3 is 2.59 bits per heavy atom. The smallest absolute Gasteiger partial charge is 0.323 e. The van der Waals surface area contributed by atoms with Crippen molar-refractivity contribution < 1.29 is 14.3 Å². The minimum Gasteiger partial charge on any atom is -0.486 e. The van der Waals surface area contributed by atoms with Gasteiger partial charge in [0.2, 0.25) is 0 Å². The quantitative estimate of drug-likeness (QED) is 0.822. The van der Waals surface area contributed by atoms with E-state index in [9.17, 15) is 9.59 Å². The van der Waals surface area contributed by atoms with Crippen LogP contribution in [-0.4, -0.2) is 18.9 Å². The Kier molecular flexibility index (Phi) is 5.38. The number of amides is 2. The molecule has 0 heterocycles. The van der Waals surface area contributed by atoms with Gasteiger partial charge in [0.25, 0.3) is 0 Å². The van der Waals surface area contributed by atoms with Crippen LogP contribution >= 0.6 is 11.6 Å². The Labute approximate surface area is 133 Å². The summed E-state index contributed by atoms with van der Waals surface area (Å²) in [7, 11) is 0. The first kappa shape index (κ1) is 15.9. The van der Waals surface area contributed by atoms with E-state index in [1.54, 1.807) is 12.1 Å². The second-order valence-electron chi connectivity index (χ2n) is 4.51. The highest BCUT2D eigenvalue weighted by Crippen LogP contribution is 2.27. The molecule has 0 aliphatic carbocycles. The highest BCUT2D eigenvalue weighted by Gasteiger charge is 2.08. The van der Waals surface area contributed by atoms with Gasteiger partial charge < -0.3 is 15.4 Å². The van der Waals surface area contributed by atoms with E-state index in [0.717, 1.165) is 11.3 Å². The minimum absolute atomic E-state index is 0.0448. The fraction of sp³-hybridized carbons (Fsp3) is 0.125. The normalized spacial score (nSPS) is 9.91. The third-order valence-corrected chi connectivity index (χ3v) is 3.21. The lowest BCUT2D eigenvalue weighted by molar-refractivity contribution is -0.109. The number of nitrogens with one attached hydrogen (secondary N) is 2. The molecule has 114 valence electrons. The molecule has 5 nitrogen and oxygen atoms in total. The van der Waals surface area contributed by atoms with Crippen LogP contribution in [0.15, 0.2) is 42.5 Å². The maximum Gasteiger partial charge on any atom is 0.323 e. The van der Waals surface area contributed by atoms with Crippen molar-refractivity contribution >= 4 is 35.3 Å². The molecule has 0 fully saturated rings. The molecular formula is C16H15ClN2O3. The molecule has 2 amide bonds. The molecule has 0 unspecified atom stereocenters. The number of benzene rings is 2. The summed E-state index contributed by atoms with van der Waals surface area (Å²) in [5.74, 6) is 0.460. The maximum absolute atomic E-state index is 12.0. The maximum atomic E-state index is 12.0. The second-order valence-corrected chi connectivity index (χ2v) is 4.92. The van der Waals surface area contributed by atoms with E-state index in [4.69, 9.17) is 16.3 Å². The summed E-state index contributed by atoms with van der Waals surface area (Å²) in [6.45, 7) is 1.86. The molecule has 0 atom stereocenters. The van der Waals surface area contributed by atoms with Crippen LogP contribution in [-0.2, 0) is 4.79 Å². The highest BCUT2D eigenvalue weighted by molar-refractivity contribution is 6.34. The van der Waals surface area contributed by atoms with Gasteiger partial charge in [0.1, 0.15) is 12.4 Å². The summed E-state index contributed by atoms with van der Waals surface area (Å²) in [4.78, 5) is 22.2. The third kappa shape index (κ3) is 4.23. The number of para-hydroxylation sites is 1. The van der Waals surface area contributed by atoms with Gasteiger partial charge in [-0.1, -0.05) is 29.8 Å². The topological polar surface area (TPSA) is 67.4 Å². The van der Waals surface area contributed by atoms with E-state index in [2.05, 4.69) is 10.6 Å². The van der Waals surface area contributed by atoms with Gasteiger partial charge in [-0.05, 0) is 30.7 Å². The SMILES string of the molecule is Cc1ccccc1NC(=O)Nc1ccc(OCC=O)cc1Cl. The number of aldehydes is 1. The average Bonchev–Trinajstić information content (AvgIpc) is 2.50. The van der Waals surface area contributed by atoms with Crippen molar-refractivity contribution in [1.82, 2.24) is 0 Å². The summed E-state index contributed by atoms with van der Waals surface area (Å²) in [6, 6.07) is 11.8. The Morgan fingerprint density at radius 2 is 1.91 bits per heavy atom. The van der Waals surface area contributed by atoms with Gasteiger partial charge in [-0.2, -0.15) is 0 Å². The number of carbonyl (C=O) groups excluding carboxylic acids is 2. The van der Waals surface area contributed by atoms with Crippen LogP contribution in [0.1, 0.15) is 5.56 Å². The van der Waals surface area contributed by atoms with Crippen molar-refractivity contribution in [3.63, 3.8) is 0 Å². The molecule has 2 aromatic carbocycles. The summed E-state index contributed by atoms with van der Waals surface area (Å²) < 4.78 is 5.13. The summed E-state index contributed by atoms with van der Waals surface area (Å²) in [6.07, 6.45) is 0.649. The van der Waals surface area contributed by atoms with Gasteiger partial charge >= 0.3 is 6.03 Å². The molecule has 0 spiro atoms. The standard InChI is InChI=1S/C16H15ClN2O3/c1-11-4-2-3-5-14(11)18-16(21)19-15-7-6-12(10-13(15)17)22-9-8-20/h2-8,10H,9H2,1H3,(H2,18,19,21). The number of halogens is 1. The molecule has 2 aromatic rings. The molecule has 2 N–H and O–H groups in total. The molecule has 6 heteroatoms. The Balaban J connectivity index is 2.02. The number of anilines is 2. The summed E-state index contributed by atoms with van der Waals surface area (Å²) in [5.41, 5.74) is 2.13. The van der Waals surface area contributed by atoms with E-state index < -0.39 is 6.03 Å². The van der Waals surface area contributed by atoms with Crippen LogP contribution in [0.4, 0.5) is 16.2 Å². The average molecular weight is 319 g/mol. The van der Waals surface area contributed by atoms with Crippen molar-refractivity contribution in [2.45, 2.75) is 6.92 Å². The molecular weight excluding hydrogens is 304 g/mol. The van der Waals surface area contributed by atoms with E-state index >= 15 is 0 Å². The molecule has 0 aliphatic heterocycles. The first-order valence-corrected chi connectivity index (χ1v) is 6.97. The number of aryl methyl sites for hydroxylation is 1. The fourth-order valence-corrected chi connectivity index (χ4v) is 2.02. The van der Waals surface area contributed by atoms with Gasteiger partial charge in [-0.3, -0.25) is 4.79 Å². The van der Waals surface area contributed by atoms with E-state index in [1.165, 1.54) is 6.07 Å². The van der Waals surface area contributed by atoms with Gasteiger partial charge in [0.15, 0.2) is 6.29 Å². The summed E-state index contributed by atoms with van der Waals surface area (Å²) in [5, 5.41) is 5.73. The molecule has 0 radical (unpaired) electrons. The lowest BCUT2D eigenvalue weighted by Crippen LogP contribution is -2.20. The predicted octanol–water partition coefficient (Wildman–Crippen LogP) is 3.87. The van der Waals surface area contributed by atoms with Crippen LogP contribution in [0.2, 0.25) is 5.02 Å². The molecule has 0 saturated heterocycles. The van der Waals surface area contributed by atoms with E-state index in [0.29, 0.717) is 22.7 Å². The van der Waals surface area contributed by atoms with Gasteiger partial charge in [-0.25, -0.2) is 4.79 Å². The second kappa shape index (κ2) is 7.47. The number of urea groups is 1. The van der Waals surface area contributed by atoms with Crippen molar-refractivity contribution in [3.8, 4) is 5.75 Å². The zero-order valence-electron chi connectivity index (χ0n) is 11.9. The molecule has 0 saturated carbocycles. The molecule has 0 aromatic heterocycles. The van der Waals surface area contributed by atoms with Crippen molar-refractivity contribution in [2.24, 2.45) is 0 Å². The Hall–Kier alpha value is -2.53. The fourth-order valence-electron chi connectivity index (χ4n) is 1.81. The van der Waals surface area contributed by atoms with Crippen molar-refractivity contribution in [1.29, 1.82) is 0 Å². The molecule has 2 rings (SSSR count). The van der Waals surface area contributed by atoms with Crippen LogP contribution in [0.5, 0.6) is 5.75 Å². The van der Waals surface area contributed by atoms with Gasteiger partial charge in [0, 0.05) is 11.8 Å². The lowest BCUT2D eigenvalue weighted by Gasteiger charge is -2.11. The Morgan fingerprint density at radius 1 is 1.18 bits per heavy atom. The van der Waals surface area contributed by atoms with E-state index in [1.807, 2.05) is 31.2 Å². The van der Waals surface area contributed by atoms with Gasteiger partial charge in [-0.15, -0.1) is 0 Å². The molecule has 0 bridgehead atoms. The van der Waals surface area contributed by atoms with E-state index in [-0.39, 0.29) is 6.61 Å². The zero-order valence-corrected chi connectivity index (χ0v) is 12.7. The largest absolute Gasteiger partial charge is 0.486 e. The highest BCUT2D eigenvalue weighted by atomic mass is 35.5. The molecule has 0 aliphatic rings. The third-order valence-electron chi connectivity index (χ3n) is 2.90. The predicted molar refractivity (Wildman–Crippen MR) is 86.8 cm³/mol. The number of carbonyl (C=O) groups is 2. The van der Waals surface area contributed by atoms with Gasteiger partial charge in [0.05, 0.1) is 10.7 Å². The lowest BCUT2D eigenvalue weighted by atomic mass is 10.2. The van der Waals surface area contributed by atoms with Crippen molar-refractivity contribution in [3.05, 3.63) is 53.1 Å². The number of hydrogen-bond donors (Lipinski definition) is 2. The van der Waals surface area contributed by atoms with Crippen LogP contribution in [0.25, 0.3) is 0 Å². The molecule has 22 heavy (non-hydrogen) atoms. The first-order valence-electron chi connectivity index (χ1n) is 6.60. The van der Waals surface area contributed by atoms with Crippen LogP contribution in [0, 0.1) is 6.92 Å². The monoisotopic (exact) mass is 318 g/mol. The van der Waals surface area contributed by atoms with Crippen molar-refractivity contribution in [2.75, 3.05) is 17.2 Å². The first-order chi connectivity index (χ1) is 10.6. The minimum atomic E-state index is -0.391. The zero-order chi connectivity index (χ0) is 15.9. The van der Waals surface area contributed by atoms with Crippen LogP contribution < -0.4 is 15.4 Å². The number of ether oxygens (including phenoxy) is 1.